The smallest absolute Gasteiger partial charge is 0.0441 e. The fourth-order valence-corrected chi connectivity index (χ4v) is 4.18. The third kappa shape index (κ3) is 6.57. The van der Waals surface area contributed by atoms with Crippen LogP contribution in [0.15, 0.2) is 60.7 Å². The Morgan fingerprint density at radius 2 is 1.97 bits per heavy atom. The van der Waals surface area contributed by atoms with Gasteiger partial charge in [0.15, 0.2) is 0 Å². The first-order chi connectivity index (χ1) is 14.0. The molecular formula is C26H33ClN2. The van der Waals surface area contributed by atoms with Gasteiger partial charge in [-0.3, -0.25) is 4.90 Å². The highest BCUT2D eigenvalue weighted by Crippen LogP contribution is 2.21. The highest BCUT2D eigenvalue weighted by atomic mass is 35.5. The van der Waals surface area contributed by atoms with Gasteiger partial charge in [-0.25, -0.2) is 0 Å². The summed E-state index contributed by atoms with van der Waals surface area (Å²) in [6.07, 6.45) is 7.64. The molecule has 3 heteroatoms. The van der Waals surface area contributed by atoms with Crippen LogP contribution in [0, 0.1) is 6.92 Å². The summed E-state index contributed by atoms with van der Waals surface area (Å²) in [5.41, 5.74) is 6.22. The van der Waals surface area contributed by atoms with E-state index in [4.69, 9.17) is 11.6 Å². The van der Waals surface area contributed by atoms with E-state index < -0.39 is 0 Å². The van der Waals surface area contributed by atoms with Crippen LogP contribution in [0.1, 0.15) is 42.0 Å². The molecule has 0 bridgehead atoms. The second kappa shape index (κ2) is 10.8. The molecule has 2 aromatic carbocycles. The molecule has 0 atom stereocenters. The van der Waals surface area contributed by atoms with Crippen LogP contribution in [0.4, 0.5) is 0 Å². The molecule has 0 aliphatic carbocycles. The maximum atomic E-state index is 6.37. The summed E-state index contributed by atoms with van der Waals surface area (Å²) in [7, 11) is 0. The zero-order chi connectivity index (χ0) is 20.6. The molecule has 2 nitrogen and oxygen atoms in total. The van der Waals surface area contributed by atoms with Crippen molar-refractivity contribution in [1.29, 1.82) is 0 Å². The molecule has 0 unspecified atom stereocenters. The van der Waals surface area contributed by atoms with Crippen LogP contribution in [0.3, 0.4) is 0 Å². The summed E-state index contributed by atoms with van der Waals surface area (Å²) in [6, 6.07) is 15.5. The SMILES string of the molecule is C=C(/C=C\c1ccccc1C)CNC1CCN(Cc2ccc(CC)c(Cl)c2)CC1. The number of nitrogens with one attached hydrogen (secondary N) is 1. The number of likely N-dealkylation sites (tertiary alicyclic amines) is 1. The molecule has 154 valence electrons. The quantitative estimate of drug-likeness (QED) is 0.536. The van der Waals surface area contributed by atoms with E-state index in [2.05, 4.69) is 85.3 Å². The molecule has 0 amide bonds. The molecule has 1 fully saturated rings. The molecular weight excluding hydrogens is 376 g/mol. The van der Waals surface area contributed by atoms with Crippen molar-refractivity contribution in [2.24, 2.45) is 0 Å². The minimum absolute atomic E-state index is 0.570. The van der Waals surface area contributed by atoms with Gasteiger partial charge < -0.3 is 5.32 Å². The monoisotopic (exact) mass is 408 g/mol. The minimum atomic E-state index is 0.570. The second-order valence-corrected chi connectivity index (χ2v) is 8.47. The van der Waals surface area contributed by atoms with E-state index in [-0.39, 0.29) is 0 Å². The number of nitrogens with zero attached hydrogens (tertiary/aromatic N) is 1. The molecule has 1 saturated heterocycles. The Morgan fingerprint density at radius 1 is 1.21 bits per heavy atom. The Hall–Kier alpha value is -1.87. The maximum Gasteiger partial charge on any atom is 0.0441 e. The fraction of sp³-hybridized carbons (Fsp3) is 0.385. The lowest BCUT2D eigenvalue weighted by Crippen LogP contribution is -2.42. The van der Waals surface area contributed by atoms with E-state index in [0.717, 1.165) is 43.2 Å². The first kappa shape index (κ1) is 21.8. The number of hydrogen-bond donors (Lipinski definition) is 1. The molecule has 1 aliphatic heterocycles. The predicted molar refractivity (Wildman–Crippen MR) is 126 cm³/mol. The number of benzene rings is 2. The third-order valence-corrected chi connectivity index (χ3v) is 6.15. The number of aryl methyl sites for hydroxylation is 2. The zero-order valence-electron chi connectivity index (χ0n) is 17.8. The Kier molecular flexibility index (Phi) is 8.11. The van der Waals surface area contributed by atoms with Gasteiger partial charge in [-0.2, -0.15) is 0 Å². The fourth-order valence-electron chi connectivity index (χ4n) is 3.85. The van der Waals surface area contributed by atoms with Gasteiger partial charge in [-0.1, -0.05) is 73.7 Å². The molecule has 1 N–H and O–H groups in total. The predicted octanol–water partition coefficient (Wildman–Crippen LogP) is 6.03. The summed E-state index contributed by atoms with van der Waals surface area (Å²) in [6.45, 7) is 12.6. The van der Waals surface area contributed by atoms with Crippen LogP contribution < -0.4 is 5.32 Å². The van der Waals surface area contributed by atoms with Gasteiger partial charge in [0.1, 0.15) is 0 Å². The van der Waals surface area contributed by atoms with Crippen LogP contribution in [-0.2, 0) is 13.0 Å². The molecule has 0 saturated carbocycles. The van der Waals surface area contributed by atoms with Gasteiger partial charge in [-0.15, -0.1) is 0 Å². The van der Waals surface area contributed by atoms with E-state index in [1.165, 1.54) is 35.1 Å². The first-order valence-electron chi connectivity index (χ1n) is 10.7. The average Bonchev–Trinajstić information content (AvgIpc) is 2.73. The van der Waals surface area contributed by atoms with E-state index in [1.54, 1.807) is 0 Å². The molecule has 1 aliphatic rings. The van der Waals surface area contributed by atoms with Crippen molar-refractivity contribution in [2.75, 3.05) is 19.6 Å². The molecule has 29 heavy (non-hydrogen) atoms. The van der Waals surface area contributed by atoms with Crippen LogP contribution in [0.2, 0.25) is 5.02 Å². The van der Waals surface area contributed by atoms with Crippen molar-refractivity contribution in [3.05, 3.63) is 88.0 Å². The minimum Gasteiger partial charge on any atom is -0.310 e. The average molecular weight is 409 g/mol. The van der Waals surface area contributed by atoms with Crippen molar-refractivity contribution in [3.63, 3.8) is 0 Å². The Morgan fingerprint density at radius 3 is 2.66 bits per heavy atom. The van der Waals surface area contributed by atoms with E-state index in [9.17, 15) is 0 Å². The number of rotatable bonds is 8. The lowest BCUT2D eigenvalue weighted by atomic mass is 10.0. The molecule has 2 aromatic rings. The highest BCUT2D eigenvalue weighted by molar-refractivity contribution is 6.31. The van der Waals surface area contributed by atoms with Crippen LogP contribution >= 0.6 is 11.6 Å². The summed E-state index contributed by atoms with van der Waals surface area (Å²) < 4.78 is 0. The third-order valence-electron chi connectivity index (χ3n) is 5.80. The topological polar surface area (TPSA) is 15.3 Å². The Balaban J connectivity index is 1.40. The number of piperidine rings is 1. The van der Waals surface area contributed by atoms with Gasteiger partial charge in [0.2, 0.25) is 0 Å². The Labute approximate surface area is 181 Å². The summed E-state index contributed by atoms with van der Waals surface area (Å²) in [5, 5.41) is 4.58. The second-order valence-electron chi connectivity index (χ2n) is 8.06. The van der Waals surface area contributed by atoms with Crippen molar-refractivity contribution in [2.45, 2.75) is 45.7 Å². The van der Waals surface area contributed by atoms with Gasteiger partial charge in [0.25, 0.3) is 0 Å². The summed E-state index contributed by atoms with van der Waals surface area (Å²) in [4.78, 5) is 2.53. The van der Waals surface area contributed by atoms with Gasteiger partial charge >= 0.3 is 0 Å². The lowest BCUT2D eigenvalue weighted by Gasteiger charge is -2.32. The van der Waals surface area contributed by atoms with Gasteiger partial charge in [0, 0.05) is 24.2 Å². The Bertz CT molecular complexity index is 848. The number of hydrogen-bond acceptors (Lipinski definition) is 2. The van der Waals surface area contributed by atoms with Crippen molar-refractivity contribution in [1.82, 2.24) is 10.2 Å². The van der Waals surface area contributed by atoms with E-state index >= 15 is 0 Å². The van der Waals surface area contributed by atoms with Crippen LogP contribution in [0.5, 0.6) is 0 Å². The van der Waals surface area contributed by atoms with Crippen LogP contribution in [-0.4, -0.2) is 30.6 Å². The van der Waals surface area contributed by atoms with Gasteiger partial charge in [0.05, 0.1) is 0 Å². The molecule has 0 spiro atoms. The van der Waals surface area contributed by atoms with Crippen LogP contribution in [0.25, 0.3) is 6.08 Å². The largest absolute Gasteiger partial charge is 0.310 e. The van der Waals surface area contributed by atoms with Crippen molar-refractivity contribution >= 4 is 17.7 Å². The van der Waals surface area contributed by atoms with E-state index in [1.807, 2.05) is 0 Å². The molecule has 3 rings (SSSR count). The number of halogens is 1. The van der Waals surface area contributed by atoms with E-state index in [0.29, 0.717) is 6.04 Å². The summed E-state index contributed by atoms with van der Waals surface area (Å²) in [5.74, 6) is 0. The summed E-state index contributed by atoms with van der Waals surface area (Å²) >= 11 is 6.37. The van der Waals surface area contributed by atoms with Gasteiger partial charge in [-0.05, 0) is 73.2 Å². The highest BCUT2D eigenvalue weighted by Gasteiger charge is 2.19. The maximum absolute atomic E-state index is 6.37. The molecule has 1 heterocycles. The molecule has 0 aromatic heterocycles. The standard InChI is InChI=1S/C26H33ClN2/c1-4-23-12-10-22(17-26(23)27)19-29-15-13-25(14-16-29)28-18-20(2)9-11-24-8-6-5-7-21(24)3/h5-12,17,25,28H,2,4,13-16,18-19H2,1,3H3/b11-9-. The zero-order valence-corrected chi connectivity index (χ0v) is 18.5. The van der Waals surface area contributed by atoms with Crippen molar-refractivity contribution < 1.29 is 0 Å². The first-order valence-corrected chi connectivity index (χ1v) is 11.1. The molecule has 0 radical (unpaired) electrons. The van der Waals surface area contributed by atoms with Crippen molar-refractivity contribution in [3.8, 4) is 0 Å². The normalized spacial score (nSPS) is 15.8. The lowest BCUT2D eigenvalue weighted by molar-refractivity contribution is 0.192.